The molecule has 6 heterocycles. The molecule has 0 amide bonds. The van der Waals surface area contributed by atoms with Crippen molar-refractivity contribution in [3.63, 3.8) is 0 Å². The number of aliphatic imine (C=N–C) groups is 1. The number of aliphatic hydroxyl groups excluding tert-OH is 1. The van der Waals surface area contributed by atoms with Gasteiger partial charge in [0, 0.05) is 61.9 Å². The zero-order valence-corrected chi connectivity index (χ0v) is 49.4. The summed E-state index contributed by atoms with van der Waals surface area (Å²) in [6.07, 6.45) is 36.7. The Balaban J connectivity index is 0.951. The Morgan fingerprint density at radius 1 is 0.988 bits per heavy atom. The van der Waals surface area contributed by atoms with Crippen molar-refractivity contribution >= 4 is 23.5 Å². The normalized spacial score (nSPS) is 37.9. The fourth-order valence-corrected chi connectivity index (χ4v) is 17.3. The largest absolute Gasteiger partial charge is 0.459 e. The minimum atomic E-state index is -2.20. The lowest BCUT2D eigenvalue weighted by Crippen LogP contribution is -2.63. The molecule has 4 bridgehead atoms. The number of carbonyl (C=O) groups excluding carboxylic acids is 3. The van der Waals surface area contributed by atoms with Gasteiger partial charge in [-0.2, -0.15) is 0 Å². The maximum Gasteiger partial charge on any atom is 0.350 e. The van der Waals surface area contributed by atoms with Gasteiger partial charge < -0.3 is 57.5 Å². The van der Waals surface area contributed by atoms with Crippen molar-refractivity contribution in [2.45, 2.75) is 196 Å². The van der Waals surface area contributed by atoms with Gasteiger partial charge in [-0.3, -0.25) is 14.6 Å². The van der Waals surface area contributed by atoms with E-state index in [0.717, 1.165) is 125 Å². The van der Waals surface area contributed by atoms with Crippen molar-refractivity contribution < 1.29 is 29.0 Å². The standard InChI is InChI=1S/C67H93N9O6/c1-42(36-65(29-12-32-72-62(70-4)76-65)52-26-33-71-60-49(52)21-23-55(69-3)75-60)24-31-66-58(78)50-19-11-18-48-38-63(2,37-44-20-22-54(68)73-40-44)28-9-8-15-45-16-10-17-47-39-64(74-41-43-13-6-5-7-14-43)30-25-46(27-34-77)57(53(64)35-51(45)47)81-61(80)67(66,82-66)59(79)56(48)50/h10-11,17-20,22,24,26,39-40,43,45-46,51,53-55,57,69,71,73-75,77H,5-9,12-16,21,23,25,27-38,41,68H2,1-4H3,(H2,70,72,76). The Morgan fingerprint density at radius 3 is 2.65 bits per heavy atom. The van der Waals surface area contributed by atoms with Crippen LogP contribution in [-0.2, 0) is 20.7 Å². The number of guanidine groups is 1. The molecule has 4 fully saturated rings. The summed E-state index contributed by atoms with van der Waals surface area (Å²) in [4.78, 5) is 53.2. The van der Waals surface area contributed by atoms with E-state index in [1.54, 1.807) is 6.07 Å². The Kier molecular flexibility index (Phi) is 16.2. The van der Waals surface area contributed by atoms with Crippen LogP contribution in [0.25, 0.3) is 0 Å². The van der Waals surface area contributed by atoms with Crippen molar-refractivity contribution in [3.05, 3.63) is 117 Å². The molecular formula is C67H93N9O6. The summed E-state index contributed by atoms with van der Waals surface area (Å²) < 4.78 is 14.1. The smallest absolute Gasteiger partial charge is 0.350 e. The Bertz CT molecular complexity index is 2920. The summed E-state index contributed by atoms with van der Waals surface area (Å²) in [6.45, 7) is 6.71. The van der Waals surface area contributed by atoms with Crippen molar-refractivity contribution in [2.24, 2.45) is 45.7 Å². The van der Waals surface area contributed by atoms with Crippen LogP contribution in [0.2, 0.25) is 0 Å². The number of hydrogen-bond acceptors (Lipinski definition) is 13. The molecule has 0 aromatic heterocycles. The molecule has 1 aromatic rings. The fraction of sp³-hybridized carbons (Fsp3) is 0.642. The minimum Gasteiger partial charge on any atom is -0.459 e. The van der Waals surface area contributed by atoms with Crippen LogP contribution in [-0.4, -0.2) is 110 Å². The first-order chi connectivity index (χ1) is 39.7. The molecule has 2 saturated carbocycles. The highest BCUT2D eigenvalue weighted by Crippen LogP contribution is 2.61. The molecular weight excluding hydrogens is 1030 g/mol. The first-order valence-electron chi connectivity index (χ1n) is 31.8. The van der Waals surface area contributed by atoms with E-state index in [4.69, 9.17) is 15.2 Å². The lowest BCUT2D eigenvalue weighted by molar-refractivity contribution is -0.167. The van der Waals surface area contributed by atoms with E-state index in [9.17, 15) is 5.11 Å². The molecule has 1 spiro atoms. The number of carbonyl (C=O) groups is 3. The van der Waals surface area contributed by atoms with E-state index in [0.29, 0.717) is 43.2 Å². The van der Waals surface area contributed by atoms with Gasteiger partial charge in [-0.1, -0.05) is 99.3 Å². The van der Waals surface area contributed by atoms with E-state index in [1.165, 1.54) is 48.8 Å². The second-order valence-corrected chi connectivity index (χ2v) is 27.0. The third kappa shape index (κ3) is 10.5. The van der Waals surface area contributed by atoms with Crippen LogP contribution < -0.4 is 43.0 Å². The van der Waals surface area contributed by atoms with Crippen LogP contribution in [0.4, 0.5) is 0 Å². The SMILES string of the molecule is CN=C1NCCCC(CC(C)=CCC23OC24C(=O)OC2C(CCO)CCC5(NCC6CCCCC6)C=C6C=CCC(CCCCC(C)(CC7=CNC(N)C=C7)Cc7cccc(c7C4=O)C3=O)C6CC25)(C2=CCNC3=C2CCC(NC)N3)N1. The maximum atomic E-state index is 16.3. The van der Waals surface area contributed by atoms with Crippen LogP contribution in [0.15, 0.2) is 106 Å². The number of rotatable bonds is 13. The number of nitrogens with zero attached hydrogens (tertiary/aromatic N) is 1. The van der Waals surface area contributed by atoms with Crippen molar-refractivity contribution in [1.82, 2.24) is 37.2 Å². The van der Waals surface area contributed by atoms with Gasteiger partial charge in [0.25, 0.3) is 5.60 Å². The monoisotopic (exact) mass is 1120 g/mol. The van der Waals surface area contributed by atoms with Crippen LogP contribution in [0.1, 0.15) is 175 Å². The van der Waals surface area contributed by atoms with E-state index in [1.807, 2.05) is 38.5 Å². The van der Waals surface area contributed by atoms with Gasteiger partial charge in [-0.05, 0) is 186 Å². The molecule has 11 aliphatic rings. The molecule has 442 valence electrons. The quantitative estimate of drug-likeness (QED) is 0.0394. The van der Waals surface area contributed by atoms with Gasteiger partial charge in [-0.25, -0.2) is 4.79 Å². The average molecular weight is 1120 g/mol. The lowest BCUT2D eigenvalue weighted by atomic mass is 9.56. The molecule has 1 aromatic carbocycles. The number of ketones is 2. The van der Waals surface area contributed by atoms with Gasteiger partial charge in [0.2, 0.25) is 5.78 Å². The number of epoxide rings is 1. The minimum absolute atomic E-state index is 0.0156. The van der Waals surface area contributed by atoms with Crippen LogP contribution in [0, 0.1) is 35.0 Å². The Morgan fingerprint density at radius 2 is 1.84 bits per heavy atom. The number of aliphatic hydroxyl groups is 1. The highest BCUT2D eigenvalue weighted by molar-refractivity contribution is 6.33. The van der Waals surface area contributed by atoms with Gasteiger partial charge in [-0.15, -0.1) is 0 Å². The number of benzene rings is 1. The van der Waals surface area contributed by atoms with Crippen LogP contribution in [0.3, 0.4) is 0 Å². The topological polar surface area (TPSA) is 216 Å². The van der Waals surface area contributed by atoms with E-state index >= 15 is 14.4 Å². The fourth-order valence-electron chi connectivity index (χ4n) is 17.3. The molecule has 15 heteroatoms. The molecule has 10 N–H and O–H groups in total. The Labute approximate surface area is 486 Å². The van der Waals surface area contributed by atoms with Gasteiger partial charge in [0.15, 0.2) is 17.3 Å². The number of allylic oxidation sites excluding steroid dienone is 5. The summed E-state index contributed by atoms with van der Waals surface area (Å²) in [6, 6.07) is 5.67. The van der Waals surface area contributed by atoms with Crippen molar-refractivity contribution in [1.29, 1.82) is 0 Å². The summed E-state index contributed by atoms with van der Waals surface area (Å²) in [5, 5.41) is 36.4. The maximum absolute atomic E-state index is 16.3. The van der Waals surface area contributed by atoms with Crippen LogP contribution in [0.5, 0.6) is 0 Å². The second-order valence-electron chi connectivity index (χ2n) is 27.0. The lowest BCUT2D eigenvalue weighted by Gasteiger charge is -2.55. The number of Topliss-reactive ketones (excluding diaryl/α,β-unsaturated/α-hetero) is 2. The third-order valence-corrected chi connectivity index (χ3v) is 21.7. The molecule has 82 heavy (non-hydrogen) atoms. The molecule has 12 atom stereocenters. The number of hydrogen-bond donors (Lipinski definition) is 9. The molecule has 6 aliphatic heterocycles. The summed E-state index contributed by atoms with van der Waals surface area (Å²) >= 11 is 0. The summed E-state index contributed by atoms with van der Waals surface area (Å²) in [5.41, 5.74) is 8.25. The number of esters is 1. The van der Waals surface area contributed by atoms with Gasteiger partial charge in [0.05, 0.1) is 17.9 Å². The molecule has 0 radical (unpaired) electrons. The summed E-state index contributed by atoms with van der Waals surface area (Å²) in [7, 11) is 3.79. The molecule has 2 saturated heterocycles. The predicted molar refractivity (Wildman–Crippen MR) is 321 cm³/mol. The highest BCUT2D eigenvalue weighted by Gasteiger charge is 2.86. The Hall–Kier alpha value is -5.32. The van der Waals surface area contributed by atoms with Crippen molar-refractivity contribution in [2.75, 3.05) is 40.3 Å². The van der Waals surface area contributed by atoms with Crippen molar-refractivity contribution in [3.8, 4) is 0 Å². The third-order valence-electron chi connectivity index (χ3n) is 21.7. The molecule has 15 nitrogen and oxygen atoms in total. The van der Waals surface area contributed by atoms with Gasteiger partial charge >= 0.3 is 5.97 Å². The summed E-state index contributed by atoms with van der Waals surface area (Å²) in [5.74, 6) is 1.21. The predicted octanol–water partition coefficient (Wildman–Crippen LogP) is 8.26. The molecule has 5 aliphatic carbocycles. The number of nitrogens with one attached hydrogen (secondary N) is 7. The zero-order chi connectivity index (χ0) is 56.9. The van der Waals surface area contributed by atoms with E-state index in [-0.39, 0.29) is 59.9 Å². The van der Waals surface area contributed by atoms with E-state index < -0.39 is 40.1 Å². The first-order valence-corrected chi connectivity index (χ1v) is 31.8. The first kappa shape index (κ1) is 57.1. The number of dihydropyridines is 2. The van der Waals surface area contributed by atoms with E-state index in [2.05, 4.69) is 92.5 Å². The zero-order valence-electron chi connectivity index (χ0n) is 49.4. The number of nitrogens with two attached hydrogens (primary N) is 1. The molecule has 12 unspecified atom stereocenters. The van der Waals surface area contributed by atoms with Gasteiger partial charge in [0.1, 0.15) is 11.9 Å². The van der Waals surface area contributed by atoms with Crippen LogP contribution >= 0.6 is 0 Å². The average Bonchev–Trinajstić information content (AvgIpc) is 1.58. The second kappa shape index (κ2) is 23.3. The highest BCUT2D eigenvalue weighted by atomic mass is 16.7. The molecule has 12 rings (SSSR count). The number of ether oxygens (including phenoxy) is 2.